The molecule has 0 aliphatic carbocycles. The maximum Gasteiger partial charge on any atom is 0.262 e. The summed E-state index contributed by atoms with van der Waals surface area (Å²) >= 11 is 0. The van der Waals surface area contributed by atoms with Gasteiger partial charge in [-0.25, -0.2) is 0 Å². The van der Waals surface area contributed by atoms with Gasteiger partial charge in [-0.05, 0) is 62.4 Å². The number of aromatic nitrogens is 1. The Morgan fingerprint density at radius 2 is 1.81 bits per heavy atom. The van der Waals surface area contributed by atoms with E-state index in [4.69, 9.17) is 4.74 Å². The second-order valence-electron chi connectivity index (χ2n) is 6.45. The molecule has 1 amide bonds. The Morgan fingerprint density at radius 3 is 2.52 bits per heavy atom. The SMILES string of the molecule is CCOc1ccc(N2C(=O)c3cccnc3[C@@H]2Nc2ccc(C)cc2)cc1. The van der Waals surface area contributed by atoms with Crippen LogP contribution in [0.3, 0.4) is 0 Å². The van der Waals surface area contributed by atoms with Crippen LogP contribution in [0.1, 0.15) is 34.7 Å². The Morgan fingerprint density at radius 1 is 1.07 bits per heavy atom. The molecular weight excluding hydrogens is 338 g/mol. The van der Waals surface area contributed by atoms with Crippen molar-refractivity contribution < 1.29 is 9.53 Å². The topological polar surface area (TPSA) is 54.5 Å². The van der Waals surface area contributed by atoms with E-state index in [1.54, 1.807) is 17.2 Å². The van der Waals surface area contributed by atoms with Gasteiger partial charge in [0.1, 0.15) is 5.75 Å². The number of nitrogens with zero attached hydrogens (tertiary/aromatic N) is 2. The van der Waals surface area contributed by atoms with Crippen LogP contribution in [0.2, 0.25) is 0 Å². The first-order valence-corrected chi connectivity index (χ1v) is 9.02. The number of carbonyl (C=O) groups excluding carboxylic acids is 1. The van der Waals surface area contributed by atoms with Gasteiger partial charge in [0.25, 0.3) is 5.91 Å². The Bertz CT molecular complexity index is 952. The van der Waals surface area contributed by atoms with Crippen molar-refractivity contribution in [1.82, 2.24) is 4.98 Å². The highest BCUT2D eigenvalue weighted by atomic mass is 16.5. The quantitative estimate of drug-likeness (QED) is 0.726. The van der Waals surface area contributed by atoms with Crippen LogP contribution in [0.5, 0.6) is 5.75 Å². The average molecular weight is 359 g/mol. The third kappa shape index (κ3) is 3.24. The average Bonchev–Trinajstić information content (AvgIpc) is 2.97. The lowest BCUT2D eigenvalue weighted by atomic mass is 10.2. The highest BCUT2D eigenvalue weighted by Crippen LogP contribution is 2.37. The summed E-state index contributed by atoms with van der Waals surface area (Å²) in [5.74, 6) is 0.721. The van der Waals surface area contributed by atoms with Crippen LogP contribution in [0.15, 0.2) is 66.9 Å². The molecule has 0 fully saturated rings. The number of fused-ring (bicyclic) bond motifs is 1. The number of nitrogens with one attached hydrogen (secondary N) is 1. The standard InChI is InChI=1S/C22H21N3O2/c1-3-27-18-12-10-17(11-13-18)25-21(24-16-8-6-15(2)7-9-16)20-19(22(25)26)5-4-14-23-20/h4-14,21,24H,3H2,1-2H3/t21-/m1/s1. The van der Waals surface area contributed by atoms with E-state index < -0.39 is 0 Å². The number of hydrogen-bond donors (Lipinski definition) is 1. The number of hydrogen-bond acceptors (Lipinski definition) is 4. The van der Waals surface area contributed by atoms with Gasteiger partial charge < -0.3 is 10.1 Å². The molecule has 0 unspecified atom stereocenters. The fourth-order valence-corrected chi connectivity index (χ4v) is 3.26. The van der Waals surface area contributed by atoms with Crippen molar-refractivity contribution in [3.8, 4) is 5.75 Å². The summed E-state index contributed by atoms with van der Waals surface area (Å²) in [6.45, 7) is 4.60. The smallest absolute Gasteiger partial charge is 0.262 e. The van der Waals surface area contributed by atoms with Gasteiger partial charge in [0.05, 0.1) is 17.9 Å². The van der Waals surface area contributed by atoms with Gasteiger partial charge in [0.15, 0.2) is 6.17 Å². The number of carbonyl (C=O) groups is 1. The molecule has 0 saturated heterocycles. The summed E-state index contributed by atoms with van der Waals surface area (Å²) < 4.78 is 5.51. The van der Waals surface area contributed by atoms with Gasteiger partial charge in [0, 0.05) is 17.6 Å². The predicted octanol–water partition coefficient (Wildman–Crippen LogP) is 4.56. The molecule has 4 rings (SSSR count). The lowest BCUT2D eigenvalue weighted by Crippen LogP contribution is -2.32. The van der Waals surface area contributed by atoms with Crippen molar-refractivity contribution in [2.24, 2.45) is 0 Å². The summed E-state index contributed by atoms with van der Waals surface area (Å²) in [4.78, 5) is 19.3. The Kier molecular flexibility index (Phi) is 4.50. The number of ether oxygens (including phenoxy) is 1. The van der Waals surface area contributed by atoms with E-state index >= 15 is 0 Å². The molecule has 0 radical (unpaired) electrons. The molecule has 0 bridgehead atoms. The zero-order valence-corrected chi connectivity index (χ0v) is 15.3. The molecule has 5 heteroatoms. The summed E-state index contributed by atoms with van der Waals surface area (Å²) in [5, 5.41) is 3.45. The minimum absolute atomic E-state index is 0.0631. The Hall–Kier alpha value is -3.34. The third-order valence-corrected chi connectivity index (χ3v) is 4.59. The summed E-state index contributed by atoms with van der Waals surface area (Å²) in [6, 6.07) is 19.3. The molecule has 136 valence electrons. The van der Waals surface area contributed by atoms with Crippen molar-refractivity contribution in [2.75, 3.05) is 16.8 Å². The van der Waals surface area contributed by atoms with Crippen LogP contribution in [0, 0.1) is 6.92 Å². The molecule has 1 aromatic heterocycles. The monoisotopic (exact) mass is 359 g/mol. The van der Waals surface area contributed by atoms with E-state index in [0.717, 1.165) is 22.8 Å². The zero-order chi connectivity index (χ0) is 18.8. The lowest BCUT2D eigenvalue weighted by Gasteiger charge is -2.26. The van der Waals surface area contributed by atoms with Gasteiger partial charge in [-0.15, -0.1) is 0 Å². The largest absolute Gasteiger partial charge is 0.494 e. The van der Waals surface area contributed by atoms with Gasteiger partial charge in [-0.2, -0.15) is 0 Å². The zero-order valence-electron chi connectivity index (χ0n) is 15.3. The molecule has 1 N–H and O–H groups in total. The van der Waals surface area contributed by atoms with Crippen molar-refractivity contribution in [1.29, 1.82) is 0 Å². The number of amides is 1. The molecule has 1 aliphatic heterocycles. The van der Waals surface area contributed by atoms with Crippen LogP contribution in [-0.4, -0.2) is 17.5 Å². The fourth-order valence-electron chi connectivity index (χ4n) is 3.26. The Balaban J connectivity index is 1.71. The van der Waals surface area contributed by atoms with E-state index in [2.05, 4.69) is 10.3 Å². The predicted molar refractivity (Wildman–Crippen MR) is 106 cm³/mol. The summed E-state index contributed by atoms with van der Waals surface area (Å²) in [6.07, 6.45) is 1.35. The first-order chi connectivity index (χ1) is 13.2. The van der Waals surface area contributed by atoms with Crippen molar-refractivity contribution in [3.05, 3.63) is 83.7 Å². The third-order valence-electron chi connectivity index (χ3n) is 4.59. The number of anilines is 2. The van der Waals surface area contributed by atoms with Crippen molar-refractivity contribution in [2.45, 2.75) is 20.0 Å². The molecule has 2 aromatic carbocycles. The van der Waals surface area contributed by atoms with Gasteiger partial charge in [0.2, 0.25) is 0 Å². The van der Waals surface area contributed by atoms with E-state index in [1.165, 1.54) is 5.56 Å². The maximum atomic E-state index is 13.1. The first kappa shape index (κ1) is 17.1. The van der Waals surface area contributed by atoms with Crippen LogP contribution in [0.25, 0.3) is 0 Å². The van der Waals surface area contributed by atoms with E-state index in [1.807, 2.05) is 68.4 Å². The molecule has 1 aliphatic rings. The maximum absolute atomic E-state index is 13.1. The second kappa shape index (κ2) is 7.11. The minimum atomic E-state index is -0.366. The van der Waals surface area contributed by atoms with Crippen LogP contribution in [-0.2, 0) is 0 Å². The summed E-state index contributed by atoms with van der Waals surface area (Å²) in [7, 11) is 0. The number of rotatable bonds is 5. The van der Waals surface area contributed by atoms with Crippen LogP contribution in [0.4, 0.5) is 11.4 Å². The van der Waals surface area contributed by atoms with Crippen LogP contribution < -0.4 is 15.0 Å². The fraction of sp³-hybridized carbons (Fsp3) is 0.182. The van der Waals surface area contributed by atoms with Crippen molar-refractivity contribution >= 4 is 17.3 Å². The highest BCUT2D eigenvalue weighted by molar-refractivity contribution is 6.11. The van der Waals surface area contributed by atoms with E-state index in [-0.39, 0.29) is 12.1 Å². The molecule has 1 atom stereocenters. The highest BCUT2D eigenvalue weighted by Gasteiger charge is 2.38. The summed E-state index contributed by atoms with van der Waals surface area (Å²) in [5.41, 5.74) is 4.27. The van der Waals surface area contributed by atoms with E-state index in [9.17, 15) is 4.79 Å². The molecule has 27 heavy (non-hydrogen) atoms. The minimum Gasteiger partial charge on any atom is -0.494 e. The van der Waals surface area contributed by atoms with E-state index in [0.29, 0.717) is 12.2 Å². The molecule has 2 heterocycles. The molecule has 3 aromatic rings. The lowest BCUT2D eigenvalue weighted by molar-refractivity contribution is 0.0993. The van der Waals surface area contributed by atoms with Gasteiger partial charge >= 0.3 is 0 Å². The van der Waals surface area contributed by atoms with Crippen molar-refractivity contribution in [3.63, 3.8) is 0 Å². The van der Waals surface area contributed by atoms with Gasteiger partial charge in [-0.3, -0.25) is 14.7 Å². The number of benzene rings is 2. The second-order valence-corrected chi connectivity index (χ2v) is 6.45. The number of pyridine rings is 1. The normalized spacial score (nSPS) is 15.6. The molecule has 0 saturated carbocycles. The molecule has 0 spiro atoms. The molecule has 5 nitrogen and oxygen atoms in total. The Labute approximate surface area is 158 Å². The number of aryl methyl sites for hydroxylation is 1. The van der Waals surface area contributed by atoms with Crippen LogP contribution >= 0.6 is 0 Å². The van der Waals surface area contributed by atoms with Gasteiger partial charge in [-0.1, -0.05) is 17.7 Å². The first-order valence-electron chi connectivity index (χ1n) is 9.02. The molecular formula is C22H21N3O2.